The summed E-state index contributed by atoms with van der Waals surface area (Å²) < 4.78 is 0. The Kier molecular flexibility index (Phi) is 3.76. The van der Waals surface area contributed by atoms with E-state index in [1.165, 1.54) is 16.7 Å². The van der Waals surface area contributed by atoms with Crippen molar-refractivity contribution in [2.24, 2.45) is 5.73 Å². The van der Waals surface area contributed by atoms with Crippen molar-refractivity contribution >= 4 is 29.4 Å². The minimum Gasteiger partial charge on any atom is -0.351 e. The van der Waals surface area contributed by atoms with Gasteiger partial charge in [0.15, 0.2) is 0 Å². The number of urea groups is 1. The highest BCUT2D eigenvalue weighted by atomic mass is 32.2. The smallest absolute Gasteiger partial charge is 0.314 e. The van der Waals surface area contributed by atoms with Gasteiger partial charge < -0.3 is 16.0 Å². The van der Waals surface area contributed by atoms with E-state index >= 15 is 0 Å². The largest absolute Gasteiger partial charge is 0.351 e. The molecule has 0 atom stereocenters. The topological polar surface area (TPSA) is 75.4 Å². The highest BCUT2D eigenvalue weighted by Crippen LogP contribution is 2.31. The predicted octanol–water partition coefficient (Wildman–Crippen LogP) is 1.28. The van der Waals surface area contributed by atoms with Crippen molar-refractivity contribution in [2.45, 2.75) is 11.3 Å². The quantitative estimate of drug-likeness (QED) is 0.864. The molecule has 0 saturated heterocycles. The van der Waals surface area contributed by atoms with Crippen molar-refractivity contribution in [1.29, 1.82) is 0 Å². The van der Waals surface area contributed by atoms with Gasteiger partial charge in [0.1, 0.15) is 0 Å². The molecule has 0 unspecified atom stereocenters. The van der Waals surface area contributed by atoms with Gasteiger partial charge in [0, 0.05) is 18.5 Å². The van der Waals surface area contributed by atoms with E-state index in [1.54, 1.807) is 7.05 Å². The van der Waals surface area contributed by atoms with Gasteiger partial charge in [-0.3, -0.25) is 4.79 Å². The van der Waals surface area contributed by atoms with E-state index in [2.05, 4.69) is 5.32 Å². The number of fused-ring (bicyclic) bond motifs is 1. The highest BCUT2D eigenvalue weighted by molar-refractivity contribution is 8.00. The molecule has 1 aliphatic rings. The van der Waals surface area contributed by atoms with E-state index in [4.69, 9.17) is 5.73 Å². The molecule has 0 aliphatic carbocycles. The van der Waals surface area contributed by atoms with Gasteiger partial charge in [-0.1, -0.05) is 6.07 Å². The van der Waals surface area contributed by atoms with Crippen LogP contribution in [0.5, 0.6) is 0 Å². The zero-order chi connectivity index (χ0) is 13.1. The molecule has 0 bridgehead atoms. The number of primary amides is 1. The maximum atomic E-state index is 11.3. The first-order chi connectivity index (χ1) is 8.56. The number of hydrogen-bond donors (Lipinski definition) is 2. The van der Waals surface area contributed by atoms with Crippen LogP contribution < -0.4 is 11.1 Å². The number of nitrogens with zero attached hydrogens (tertiary/aromatic N) is 1. The first kappa shape index (κ1) is 12.8. The molecular weight excluding hydrogens is 250 g/mol. The number of likely N-dealkylation sites (N-methyl/N-ethyl adjacent to an activating group) is 1. The normalized spacial score (nSPS) is 13.7. The van der Waals surface area contributed by atoms with Gasteiger partial charge >= 0.3 is 6.03 Å². The van der Waals surface area contributed by atoms with Crippen molar-refractivity contribution in [1.82, 2.24) is 4.90 Å². The molecule has 0 aromatic heterocycles. The van der Waals surface area contributed by atoms with Crippen LogP contribution in [0, 0.1) is 0 Å². The third-order valence-electron chi connectivity index (χ3n) is 2.79. The summed E-state index contributed by atoms with van der Waals surface area (Å²) in [5, 5.41) is 2.85. The fourth-order valence-electron chi connectivity index (χ4n) is 1.69. The number of nitrogens with two attached hydrogens (primary N) is 1. The fraction of sp³-hybridized carbons (Fsp3) is 0.333. The van der Waals surface area contributed by atoms with Crippen LogP contribution in [0.4, 0.5) is 10.5 Å². The number of amides is 3. The Labute approximate surface area is 110 Å². The average molecular weight is 265 g/mol. The lowest BCUT2D eigenvalue weighted by Crippen LogP contribution is -2.33. The van der Waals surface area contributed by atoms with E-state index < -0.39 is 6.03 Å². The van der Waals surface area contributed by atoms with E-state index in [1.807, 2.05) is 18.2 Å². The molecule has 0 spiro atoms. The fourth-order valence-corrected chi connectivity index (χ4v) is 2.48. The van der Waals surface area contributed by atoms with Gasteiger partial charge in [-0.2, -0.15) is 0 Å². The van der Waals surface area contributed by atoms with Crippen LogP contribution in [0.15, 0.2) is 23.1 Å². The number of hydrogen-bond acceptors (Lipinski definition) is 3. The summed E-state index contributed by atoms with van der Waals surface area (Å²) >= 11 is 1.54. The zero-order valence-electron chi connectivity index (χ0n) is 10.1. The minimum absolute atomic E-state index is 0.0268. The van der Waals surface area contributed by atoms with E-state index in [0.29, 0.717) is 18.7 Å². The summed E-state index contributed by atoms with van der Waals surface area (Å²) in [5.41, 5.74) is 7.09. The molecule has 0 saturated carbocycles. The van der Waals surface area contributed by atoms with Crippen LogP contribution in [0.3, 0.4) is 0 Å². The molecular formula is C12H15N3O2S. The molecule has 1 aromatic rings. The maximum Gasteiger partial charge on any atom is 0.314 e. The van der Waals surface area contributed by atoms with Gasteiger partial charge in [0.2, 0.25) is 5.91 Å². The Bertz CT molecular complexity index is 490. The van der Waals surface area contributed by atoms with Crippen molar-refractivity contribution in [2.75, 3.05) is 24.7 Å². The molecule has 1 heterocycles. The number of thioether (sulfide) groups is 1. The van der Waals surface area contributed by atoms with E-state index in [-0.39, 0.29) is 5.91 Å². The maximum absolute atomic E-state index is 11.3. The Morgan fingerprint density at radius 1 is 1.56 bits per heavy atom. The molecule has 3 N–H and O–H groups in total. The monoisotopic (exact) mass is 265 g/mol. The van der Waals surface area contributed by atoms with Crippen LogP contribution in [-0.4, -0.2) is 36.2 Å². The lowest BCUT2D eigenvalue weighted by molar-refractivity contribution is -0.113. The van der Waals surface area contributed by atoms with Crippen LogP contribution >= 0.6 is 11.8 Å². The second-order valence-corrected chi connectivity index (χ2v) is 5.19. The first-order valence-electron chi connectivity index (χ1n) is 5.62. The van der Waals surface area contributed by atoms with Crippen molar-refractivity contribution < 1.29 is 9.59 Å². The molecule has 6 heteroatoms. The molecule has 1 aromatic carbocycles. The van der Waals surface area contributed by atoms with Crippen molar-refractivity contribution in [3.63, 3.8) is 0 Å². The summed E-state index contributed by atoms with van der Waals surface area (Å²) in [5.74, 6) is 0.496. The lowest BCUT2D eigenvalue weighted by Gasteiger charge is -2.18. The second kappa shape index (κ2) is 5.30. The number of carbonyl (C=O) groups excluding carboxylic acids is 2. The van der Waals surface area contributed by atoms with Gasteiger partial charge in [-0.15, -0.1) is 11.8 Å². The van der Waals surface area contributed by atoms with Crippen LogP contribution in [0.2, 0.25) is 0 Å². The zero-order valence-corrected chi connectivity index (χ0v) is 10.9. The van der Waals surface area contributed by atoms with Crippen LogP contribution in [0.1, 0.15) is 5.56 Å². The Balaban J connectivity index is 2.04. The summed E-state index contributed by atoms with van der Waals surface area (Å²) in [6, 6.07) is 5.53. The third-order valence-corrected chi connectivity index (χ3v) is 3.86. The summed E-state index contributed by atoms with van der Waals surface area (Å²) in [4.78, 5) is 24.7. The summed E-state index contributed by atoms with van der Waals surface area (Å²) in [6.07, 6.45) is 0.716. The number of anilines is 1. The molecule has 96 valence electrons. The molecule has 0 fully saturated rings. The van der Waals surface area contributed by atoms with Crippen LogP contribution in [-0.2, 0) is 11.2 Å². The van der Waals surface area contributed by atoms with Gasteiger partial charge in [-0.25, -0.2) is 4.79 Å². The van der Waals surface area contributed by atoms with Gasteiger partial charge in [0.25, 0.3) is 0 Å². The minimum atomic E-state index is -0.434. The number of rotatable bonds is 3. The highest BCUT2D eigenvalue weighted by Gasteiger charge is 2.15. The van der Waals surface area contributed by atoms with Crippen LogP contribution in [0.25, 0.3) is 0 Å². The Hall–Kier alpha value is -1.69. The number of nitrogens with one attached hydrogen (secondary N) is 1. The summed E-state index contributed by atoms with van der Waals surface area (Å²) in [7, 11) is 1.67. The van der Waals surface area contributed by atoms with E-state index in [9.17, 15) is 9.59 Å². The van der Waals surface area contributed by atoms with Crippen molar-refractivity contribution in [3.8, 4) is 0 Å². The molecule has 0 radical (unpaired) electrons. The molecule has 1 aliphatic heterocycles. The Morgan fingerprint density at radius 2 is 2.33 bits per heavy atom. The van der Waals surface area contributed by atoms with Gasteiger partial charge in [0.05, 0.1) is 11.4 Å². The predicted molar refractivity (Wildman–Crippen MR) is 71.7 cm³/mol. The first-order valence-corrected chi connectivity index (χ1v) is 6.61. The average Bonchev–Trinajstić information content (AvgIpc) is 2.35. The lowest BCUT2D eigenvalue weighted by atomic mass is 10.1. The molecule has 3 amide bonds. The standard InChI is InChI=1S/C12H15N3O2S/c1-15(12(13)17)5-4-8-2-3-10-9(6-8)14-11(16)7-18-10/h2-3,6H,4-5,7H2,1H3,(H2,13,17)(H,14,16). The molecule has 5 nitrogen and oxygen atoms in total. The number of benzene rings is 1. The van der Waals surface area contributed by atoms with Crippen molar-refractivity contribution in [3.05, 3.63) is 23.8 Å². The number of carbonyl (C=O) groups is 2. The SMILES string of the molecule is CN(CCc1ccc2c(c1)NC(=O)CS2)C(N)=O. The van der Waals surface area contributed by atoms with E-state index in [0.717, 1.165) is 16.1 Å². The third kappa shape index (κ3) is 2.95. The summed E-state index contributed by atoms with van der Waals surface area (Å²) in [6.45, 7) is 0.565. The van der Waals surface area contributed by atoms with Gasteiger partial charge in [-0.05, 0) is 24.1 Å². The second-order valence-electron chi connectivity index (χ2n) is 4.18. The molecule has 18 heavy (non-hydrogen) atoms. The molecule has 2 rings (SSSR count). The Morgan fingerprint density at radius 3 is 3.06 bits per heavy atom.